The number of fused-ring (bicyclic) bond motifs is 1. The maximum absolute atomic E-state index is 12.4. The van der Waals surface area contributed by atoms with Crippen molar-refractivity contribution in [3.63, 3.8) is 0 Å². The SMILES string of the molecule is COc1c(-c2ccoc2)cc(-n2ccc(=O)[nH]c2=O)cc1-c1ccc2c(c1)CC=C2. The van der Waals surface area contributed by atoms with Crippen LogP contribution in [0.3, 0.4) is 0 Å². The molecule has 0 aliphatic heterocycles. The molecule has 0 radical (unpaired) electrons. The number of furan rings is 1. The molecule has 5 rings (SSSR count). The summed E-state index contributed by atoms with van der Waals surface area (Å²) in [4.78, 5) is 26.3. The number of rotatable bonds is 4. The second-order valence-corrected chi connectivity index (χ2v) is 7.09. The normalized spacial score (nSPS) is 12.2. The average Bonchev–Trinajstić information content (AvgIpc) is 3.44. The Morgan fingerprint density at radius 1 is 1.03 bits per heavy atom. The zero-order valence-electron chi connectivity index (χ0n) is 16.2. The van der Waals surface area contributed by atoms with E-state index in [-0.39, 0.29) is 0 Å². The molecular formula is C24H18N2O4. The molecule has 30 heavy (non-hydrogen) atoms. The fraction of sp³-hybridized carbons (Fsp3) is 0.0833. The van der Waals surface area contributed by atoms with Crippen molar-refractivity contribution < 1.29 is 9.15 Å². The minimum absolute atomic E-state index is 0.439. The summed E-state index contributed by atoms with van der Waals surface area (Å²) in [6.45, 7) is 0. The molecule has 2 aromatic carbocycles. The number of aromatic amines is 1. The van der Waals surface area contributed by atoms with Crippen LogP contribution >= 0.6 is 0 Å². The predicted octanol–water partition coefficient (Wildman–Crippen LogP) is 4.03. The third-order valence-electron chi connectivity index (χ3n) is 5.30. The summed E-state index contributed by atoms with van der Waals surface area (Å²) in [6, 6.07) is 13.2. The van der Waals surface area contributed by atoms with Crippen molar-refractivity contribution in [2.45, 2.75) is 6.42 Å². The zero-order valence-corrected chi connectivity index (χ0v) is 16.2. The molecule has 0 spiro atoms. The van der Waals surface area contributed by atoms with Crippen LogP contribution in [-0.2, 0) is 6.42 Å². The Hall–Kier alpha value is -4.06. The second kappa shape index (κ2) is 7.08. The van der Waals surface area contributed by atoms with E-state index in [1.54, 1.807) is 19.6 Å². The van der Waals surface area contributed by atoms with Gasteiger partial charge >= 0.3 is 5.69 Å². The Labute approximate surface area is 171 Å². The van der Waals surface area contributed by atoms with Crippen LogP contribution in [0, 0.1) is 0 Å². The maximum atomic E-state index is 12.4. The molecule has 6 nitrogen and oxygen atoms in total. The van der Waals surface area contributed by atoms with Crippen molar-refractivity contribution in [3.05, 3.63) is 99.2 Å². The summed E-state index contributed by atoms with van der Waals surface area (Å²) in [5.74, 6) is 0.684. The van der Waals surface area contributed by atoms with E-state index in [0.717, 1.165) is 28.7 Å². The van der Waals surface area contributed by atoms with Crippen molar-refractivity contribution in [2.24, 2.45) is 0 Å². The van der Waals surface area contributed by atoms with E-state index in [2.05, 4.69) is 29.3 Å². The number of H-pyrrole nitrogens is 1. The smallest absolute Gasteiger partial charge is 0.332 e. The largest absolute Gasteiger partial charge is 0.495 e. The van der Waals surface area contributed by atoms with Crippen molar-refractivity contribution in [2.75, 3.05) is 7.11 Å². The highest BCUT2D eigenvalue weighted by molar-refractivity contribution is 5.85. The molecule has 0 saturated carbocycles. The van der Waals surface area contributed by atoms with E-state index in [0.29, 0.717) is 11.4 Å². The highest BCUT2D eigenvalue weighted by atomic mass is 16.5. The lowest BCUT2D eigenvalue weighted by Crippen LogP contribution is -2.27. The number of methoxy groups -OCH3 is 1. The minimum atomic E-state index is -0.505. The Kier molecular flexibility index (Phi) is 4.25. The number of aromatic nitrogens is 2. The van der Waals surface area contributed by atoms with Gasteiger partial charge in [0.1, 0.15) is 5.75 Å². The summed E-state index contributed by atoms with van der Waals surface area (Å²) < 4.78 is 12.5. The van der Waals surface area contributed by atoms with Gasteiger partial charge in [-0.3, -0.25) is 14.3 Å². The lowest BCUT2D eigenvalue weighted by molar-refractivity contribution is 0.418. The van der Waals surface area contributed by atoms with Gasteiger partial charge in [0, 0.05) is 29.0 Å². The van der Waals surface area contributed by atoms with E-state index >= 15 is 0 Å². The summed E-state index contributed by atoms with van der Waals surface area (Å²) in [6.07, 6.45) is 9.84. The Morgan fingerprint density at radius 2 is 1.87 bits per heavy atom. The number of nitrogens with zero attached hydrogens (tertiary/aromatic N) is 1. The van der Waals surface area contributed by atoms with Crippen molar-refractivity contribution in [3.8, 4) is 33.7 Å². The molecule has 148 valence electrons. The molecule has 0 atom stereocenters. The van der Waals surface area contributed by atoms with Crippen molar-refractivity contribution in [1.82, 2.24) is 9.55 Å². The van der Waals surface area contributed by atoms with Crippen molar-refractivity contribution in [1.29, 1.82) is 0 Å². The molecule has 1 aliphatic carbocycles. The average molecular weight is 398 g/mol. The van der Waals surface area contributed by atoms with Crippen LogP contribution < -0.4 is 16.0 Å². The highest BCUT2D eigenvalue weighted by Gasteiger charge is 2.18. The fourth-order valence-electron chi connectivity index (χ4n) is 3.87. The van der Waals surface area contributed by atoms with Gasteiger partial charge in [0.25, 0.3) is 5.56 Å². The first-order valence-electron chi connectivity index (χ1n) is 9.51. The molecule has 0 fully saturated rings. The fourth-order valence-corrected chi connectivity index (χ4v) is 3.87. The molecule has 0 amide bonds. The first kappa shape index (κ1) is 18.0. The number of ether oxygens (including phenoxy) is 1. The lowest BCUT2D eigenvalue weighted by atomic mass is 9.95. The monoisotopic (exact) mass is 398 g/mol. The lowest BCUT2D eigenvalue weighted by Gasteiger charge is -2.17. The van der Waals surface area contributed by atoms with Crippen LogP contribution in [-0.4, -0.2) is 16.7 Å². The minimum Gasteiger partial charge on any atom is -0.495 e. The van der Waals surface area contributed by atoms with Crippen molar-refractivity contribution >= 4 is 6.08 Å². The molecular weight excluding hydrogens is 380 g/mol. The van der Waals surface area contributed by atoms with E-state index < -0.39 is 11.2 Å². The van der Waals surface area contributed by atoms with Crippen LogP contribution in [0.5, 0.6) is 5.75 Å². The van der Waals surface area contributed by atoms with Gasteiger partial charge < -0.3 is 9.15 Å². The first-order chi connectivity index (χ1) is 14.6. The van der Waals surface area contributed by atoms with E-state index in [1.807, 2.05) is 24.3 Å². The van der Waals surface area contributed by atoms with Gasteiger partial charge in [-0.15, -0.1) is 0 Å². The summed E-state index contributed by atoms with van der Waals surface area (Å²) in [5.41, 5.74) is 5.57. The van der Waals surface area contributed by atoms with Gasteiger partial charge in [-0.25, -0.2) is 4.79 Å². The van der Waals surface area contributed by atoms with Gasteiger partial charge in [-0.05, 0) is 41.3 Å². The molecule has 0 saturated heterocycles. The Morgan fingerprint density at radius 3 is 2.60 bits per heavy atom. The number of hydrogen-bond donors (Lipinski definition) is 1. The van der Waals surface area contributed by atoms with Gasteiger partial charge in [-0.2, -0.15) is 0 Å². The molecule has 2 heterocycles. The molecule has 1 N–H and O–H groups in total. The van der Waals surface area contributed by atoms with E-state index in [1.165, 1.54) is 28.0 Å². The molecule has 6 heteroatoms. The van der Waals surface area contributed by atoms with Gasteiger partial charge in [0.15, 0.2) is 0 Å². The third-order valence-corrected chi connectivity index (χ3v) is 5.30. The summed E-state index contributed by atoms with van der Waals surface area (Å²) in [7, 11) is 1.63. The van der Waals surface area contributed by atoms with Gasteiger partial charge in [-0.1, -0.05) is 30.4 Å². The Balaban J connectivity index is 1.79. The topological polar surface area (TPSA) is 77.2 Å². The van der Waals surface area contributed by atoms with Crippen LogP contribution in [0.1, 0.15) is 11.1 Å². The number of benzene rings is 2. The standard InChI is InChI=1S/C24H18N2O4/c1-29-23-20(17-6-5-15-3-2-4-16(15)11-17)12-19(13-21(23)18-8-10-30-14-18)26-9-7-22(27)25-24(26)28/h2-3,5-14H,4H2,1H3,(H,25,27,28). The molecule has 0 bridgehead atoms. The zero-order chi connectivity index (χ0) is 20.7. The predicted molar refractivity (Wildman–Crippen MR) is 115 cm³/mol. The number of hydrogen-bond acceptors (Lipinski definition) is 4. The summed E-state index contributed by atoms with van der Waals surface area (Å²) in [5, 5.41) is 0. The van der Waals surface area contributed by atoms with E-state index in [9.17, 15) is 9.59 Å². The van der Waals surface area contributed by atoms with Gasteiger partial charge in [0.2, 0.25) is 0 Å². The second-order valence-electron chi connectivity index (χ2n) is 7.09. The van der Waals surface area contributed by atoms with Gasteiger partial charge in [0.05, 0.1) is 25.3 Å². The molecule has 0 unspecified atom stereocenters. The van der Waals surface area contributed by atoms with Crippen LogP contribution in [0.15, 0.2) is 81.3 Å². The van der Waals surface area contributed by atoms with Crippen LogP contribution in [0.25, 0.3) is 34.0 Å². The van der Waals surface area contributed by atoms with E-state index in [4.69, 9.17) is 9.15 Å². The third kappa shape index (κ3) is 2.99. The quantitative estimate of drug-likeness (QED) is 0.563. The Bertz CT molecular complexity index is 1390. The van der Waals surface area contributed by atoms with Crippen LogP contribution in [0.4, 0.5) is 0 Å². The highest BCUT2D eigenvalue weighted by Crippen LogP contribution is 2.41. The molecule has 4 aromatic rings. The number of nitrogens with one attached hydrogen (secondary N) is 1. The molecule has 2 aromatic heterocycles. The first-order valence-corrected chi connectivity index (χ1v) is 9.51. The number of allylic oxidation sites excluding steroid dienone is 1. The van der Waals surface area contributed by atoms with Crippen LogP contribution in [0.2, 0.25) is 0 Å². The maximum Gasteiger partial charge on any atom is 0.332 e. The molecule has 1 aliphatic rings. The summed E-state index contributed by atoms with van der Waals surface area (Å²) >= 11 is 0.